The highest BCUT2D eigenvalue weighted by atomic mass is 16.4. The van der Waals surface area contributed by atoms with Gasteiger partial charge in [-0.3, -0.25) is 14.4 Å². The van der Waals surface area contributed by atoms with Gasteiger partial charge < -0.3 is 15.3 Å². The second kappa shape index (κ2) is 28.4. The zero-order valence-corrected chi connectivity index (χ0v) is 24.4. The van der Waals surface area contributed by atoms with Gasteiger partial charge in [-0.05, 0) is 25.7 Å². The summed E-state index contributed by atoms with van der Waals surface area (Å²) in [7, 11) is 0. The van der Waals surface area contributed by atoms with Crippen molar-refractivity contribution in [1.29, 1.82) is 0 Å². The standard InChI is InChI=1S/C32H60O6/c33-30(34)27-23-19-15-11-7-3-1-5-9-13-17-21-25-29(32(37)38)26-22-18-14-10-6-2-4-8-12-16-20-24-28-31(35)36/h29H,1-28H2,(H,33,34)(H,35,36)(H,37,38). The van der Waals surface area contributed by atoms with Crippen molar-refractivity contribution >= 4 is 17.9 Å². The molecule has 0 atom stereocenters. The van der Waals surface area contributed by atoms with Gasteiger partial charge in [0, 0.05) is 12.8 Å². The van der Waals surface area contributed by atoms with Crippen LogP contribution in [0.5, 0.6) is 0 Å². The van der Waals surface area contributed by atoms with E-state index in [1.54, 1.807) is 0 Å². The van der Waals surface area contributed by atoms with E-state index >= 15 is 0 Å². The summed E-state index contributed by atoms with van der Waals surface area (Å²) in [5, 5.41) is 26.8. The summed E-state index contributed by atoms with van der Waals surface area (Å²) < 4.78 is 0. The zero-order chi connectivity index (χ0) is 28.1. The largest absolute Gasteiger partial charge is 0.481 e. The zero-order valence-electron chi connectivity index (χ0n) is 24.4. The SMILES string of the molecule is O=C(O)CCCCCCCCCCCCCCC(CCCCCCCCCCCCCCC(=O)O)C(=O)O. The lowest BCUT2D eigenvalue weighted by molar-refractivity contribution is -0.142. The van der Waals surface area contributed by atoms with Crippen molar-refractivity contribution in [3.8, 4) is 0 Å². The Kier molecular flexibility index (Phi) is 27.2. The Hall–Kier alpha value is -1.59. The molecule has 3 N–H and O–H groups in total. The maximum Gasteiger partial charge on any atom is 0.306 e. The van der Waals surface area contributed by atoms with Gasteiger partial charge in [0.2, 0.25) is 0 Å². The van der Waals surface area contributed by atoms with Crippen molar-refractivity contribution in [2.75, 3.05) is 0 Å². The molecule has 38 heavy (non-hydrogen) atoms. The summed E-state index contributed by atoms with van der Waals surface area (Å²) in [4.78, 5) is 32.5. The normalized spacial score (nSPS) is 11.3. The van der Waals surface area contributed by atoms with Gasteiger partial charge in [0.1, 0.15) is 0 Å². The first-order valence-corrected chi connectivity index (χ1v) is 16.1. The fraction of sp³-hybridized carbons (Fsp3) is 0.906. The highest BCUT2D eigenvalue weighted by Crippen LogP contribution is 2.20. The third-order valence-electron chi connectivity index (χ3n) is 7.74. The summed E-state index contributed by atoms with van der Waals surface area (Å²) in [6, 6.07) is 0. The third-order valence-corrected chi connectivity index (χ3v) is 7.74. The highest BCUT2D eigenvalue weighted by molar-refractivity contribution is 5.69. The second-order valence-electron chi connectivity index (χ2n) is 11.4. The molecule has 0 bridgehead atoms. The van der Waals surface area contributed by atoms with Crippen LogP contribution < -0.4 is 0 Å². The molecule has 0 aliphatic carbocycles. The van der Waals surface area contributed by atoms with E-state index in [4.69, 9.17) is 10.2 Å². The summed E-state index contributed by atoms with van der Waals surface area (Å²) in [5.41, 5.74) is 0. The number of unbranched alkanes of at least 4 members (excludes halogenated alkanes) is 22. The van der Waals surface area contributed by atoms with Crippen LogP contribution in [0.2, 0.25) is 0 Å². The number of hydrogen-bond acceptors (Lipinski definition) is 3. The van der Waals surface area contributed by atoms with E-state index in [1.807, 2.05) is 0 Å². The summed E-state index contributed by atoms with van der Waals surface area (Å²) in [5.74, 6) is -2.15. The topological polar surface area (TPSA) is 112 Å². The monoisotopic (exact) mass is 540 g/mol. The first-order valence-electron chi connectivity index (χ1n) is 16.1. The number of rotatable bonds is 31. The minimum Gasteiger partial charge on any atom is -0.481 e. The first kappa shape index (κ1) is 36.4. The van der Waals surface area contributed by atoms with Crippen molar-refractivity contribution in [3.05, 3.63) is 0 Å². The number of carboxylic acid groups (broad SMARTS) is 3. The molecule has 0 saturated heterocycles. The molecule has 0 aromatic carbocycles. The Balaban J connectivity index is 3.42. The van der Waals surface area contributed by atoms with Crippen LogP contribution in [-0.2, 0) is 14.4 Å². The number of carbonyl (C=O) groups is 3. The average Bonchev–Trinajstić information content (AvgIpc) is 2.87. The Morgan fingerprint density at radius 3 is 0.763 bits per heavy atom. The van der Waals surface area contributed by atoms with Crippen molar-refractivity contribution in [2.45, 2.75) is 180 Å². The molecule has 0 amide bonds. The lowest BCUT2D eigenvalue weighted by atomic mass is 9.94. The van der Waals surface area contributed by atoms with Crippen LogP contribution in [0.4, 0.5) is 0 Å². The molecular weight excluding hydrogens is 480 g/mol. The van der Waals surface area contributed by atoms with Gasteiger partial charge in [-0.15, -0.1) is 0 Å². The fourth-order valence-corrected chi connectivity index (χ4v) is 5.26. The van der Waals surface area contributed by atoms with Gasteiger partial charge in [-0.1, -0.05) is 141 Å². The van der Waals surface area contributed by atoms with Crippen LogP contribution >= 0.6 is 0 Å². The molecule has 0 heterocycles. The van der Waals surface area contributed by atoms with Crippen molar-refractivity contribution in [3.63, 3.8) is 0 Å². The Labute approximate surface area is 233 Å². The number of hydrogen-bond donors (Lipinski definition) is 3. The minimum atomic E-state index is -0.687. The van der Waals surface area contributed by atoms with Crippen molar-refractivity contribution < 1.29 is 29.7 Å². The van der Waals surface area contributed by atoms with E-state index in [0.29, 0.717) is 12.8 Å². The first-order chi connectivity index (χ1) is 18.4. The van der Waals surface area contributed by atoms with Gasteiger partial charge in [0.05, 0.1) is 5.92 Å². The van der Waals surface area contributed by atoms with E-state index < -0.39 is 17.9 Å². The quantitative estimate of drug-likeness (QED) is 0.0754. The second-order valence-corrected chi connectivity index (χ2v) is 11.4. The fourth-order valence-electron chi connectivity index (χ4n) is 5.26. The smallest absolute Gasteiger partial charge is 0.306 e. The molecular formula is C32H60O6. The van der Waals surface area contributed by atoms with Gasteiger partial charge in [0.25, 0.3) is 0 Å². The molecule has 0 spiro atoms. The Morgan fingerprint density at radius 2 is 0.553 bits per heavy atom. The number of aliphatic carboxylic acids is 3. The Morgan fingerprint density at radius 1 is 0.342 bits per heavy atom. The summed E-state index contributed by atoms with van der Waals surface area (Å²) >= 11 is 0. The lowest BCUT2D eigenvalue weighted by Crippen LogP contribution is -2.13. The van der Waals surface area contributed by atoms with E-state index in [-0.39, 0.29) is 5.92 Å². The Bertz CT molecular complexity index is 520. The maximum absolute atomic E-state index is 11.6. The predicted molar refractivity (Wildman–Crippen MR) is 156 cm³/mol. The molecule has 0 unspecified atom stereocenters. The lowest BCUT2D eigenvalue weighted by Gasteiger charge is -2.12. The maximum atomic E-state index is 11.6. The van der Waals surface area contributed by atoms with Crippen LogP contribution in [-0.4, -0.2) is 33.2 Å². The highest BCUT2D eigenvalue weighted by Gasteiger charge is 2.16. The molecule has 0 rings (SSSR count). The van der Waals surface area contributed by atoms with Crippen LogP contribution in [0.1, 0.15) is 180 Å². The van der Waals surface area contributed by atoms with Crippen LogP contribution in [0.15, 0.2) is 0 Å². The van der Waals surface area contributed by atoms with Gasteiger partial charge in [-0.25, -0.2) is 0 Å². The van der Waals surface area contributed by atoms with Gasteiger partial charge >= 0.3 is 17.9 Å². The van der Waals surface area contributed by atoms with Crippen molar-refractivity contribution in [2.24, 2.45) is 5.92 Å². The molecule has 0 saturated carbocycles. The molecule has 0 aliphatic heterocycles. The molecule has 0 aromatic heterocycles. The van der Waals surface area contributed by atoms with E-state index in [1.165, 1.54) is 89.9 Å². The van der Waals surface area contributed by atoms with Gasteiger partial charge in [0.15, 0.2) is 0 Å². The van der Waals surface area contributed by atoms with Gasteiger partial charge in [-0.2, -0.15) is 0 Å². The molecule has 224 valence electrons. The third kappa shape index (κ3) is 29.0. The molecule has 6 nitrogen and oxygen atoms in total. The van der Waals surface area contributed by atoms with Crippen LogP contribution in [0.3, 0.4) is 0 Å². The van der Waals surface area contributed by atoms with E-state index in [0.717, 1.165) is 77.0 Å². The summed E-state index contributed by atoms with van der Waals surface area (Å²) in [6.45, 7) is 0. The minimum absolute atomic E-state index is 0.166. The molecule has 0 aliphatic rings. The van der Waals surface area contributed by atoms with E-state index in [2.05, 4.69) is 0 Å². The van der Waals surface area contributed by atoms with Crippen LogP contribution in [0, 0.1) is 5.92 Å². The molecule has 0 fully saturated rings. The molecule has 0 aromatic rings. The van der Waals surface area contributed by atoms with Crippen LogP contribution in [0.25, 0.3) is 0 Å². The molecule has 0 radical (unpaired) electrons. The predicted octanol–water partition coefficient (Wildman–Crippen LogP) is 9.78. The van der Waals surface area contributed by atoms with Crippen molar-refractivity contribution in [1.82, 2.24) is 0 Å². The average molecular weight is 541 g/mol. The summed E-state index contributed by atoms with van der Waals surface area (Å²) in [6.07, 6.45) is 30.2. The van der Waals surface area contributed by atoms with E-state index in [9.17, 15) is 19.5 Å². The molecule has 6 heteroatoms. The number of carboxylic acids is 3.